The number of carbonyl (C=O) groups excluding carboxylic acids is 1. The molecular formula is C13H15F3INO2. The number of benzene rings is 1. The summed E-state index contributed by atoms with van der Waals surface area (Å²) >= 11 is 1.80. The summed E-state index contributed by atoms with van der Waals surface area (Å²) in [4.78, 5) is 11.6. The summed E-state index contributed by atoms with van der Waals surface area (Å²) in [6.45, 7) is 4.75. The van der Waals surface area contributed by atoms with Crippen LogP contribution in [-0.4, -0.2) is 17.9 Å². The normalized spacial score (nSPS) is 13.8. The lowest BCUT2D eigenvalue weighted by Crippen LogP contribution is -2.41. The molecule has 0 heterocycles. The molecule has 0 aliphatic carbocycles. The fourth-order valence-corrected chi connectivity index (χ4v) is 2.17. The Kier molecular flexibility index (Phi) is 5.28. The molecule has 0 aliphatic rings. The van der Waals surface area contributed by atoms with E-state index in [2.05, 4.69) is 0 Å². The highest BCUT2D eigenvalue weighted by Crippen LogP contribution is 2.35. The maximum absolute atomic E-state index is 13.1. The summed E-state index contributed by atoms with van der Waals surface area (Å²) in [5.74, 6) is 0. The van der Waals surface area contributed by atoms with Crippen LogP contribution < -0.4 is 5.32 Å². The number of ether oxygens (including phenoxy) is 1. The quantitative estimate of drug-likeness (QED) is 0.746. The molecule has 112 valence electrons. The fraction of sp³-hybridized carbons (Fsp3) is 0.462. The largest absolute Gasteiger partial charge is 0.444 e. The average Bonchev–Trinajstić information content (AvgIpc) is 2.23. The van der Waals surface area contributed by atoms with Crippen molar-refractivity contribution >= 4 is 28.7 Å². The van der Waals surface area contributed by atoms with E-state index in [1.54, 1.807) is 55.5 Å². The molecule has 0 bridgehead atoms. The van der Waals surface area contributed by atoms with Gasteiger partial charge in [-0.2, -0.15) is 13.2 Å². The molecule has 0 saturated heterocycles. The monoisotopic (exact) mass is 401 g/mol. The molecular weight excluding hydrogens is 386 g/mol. The number of hydrogen-bond donors (Lipinski definition) is 1. The Morgan fingerprint density at radius 2 is 1.80 bits per heavy atom. The van der Waals surface area contributed by atoms with E-state index < -0.39 is 23.9 Å². The molecule has 1 aromatic rings. The minimum absolute atomic E-state index is 0.00791. The molecule has 0 radical (unpaired) electrons. The van der Waals surface area contributed by atoms with Gasteiger partial charge in [0.2, 0.25) is 0 Å². The number of carbonyl (C=O) groups is 1. The van der Waals surface area contributed by atoms with Gasteiger partial charge in [-0.05, 0) is 55.0 Å². The van der Waals surface area contributed by atoms with Crippen LogP contribution in [-0.2, 0) is 4.74 Å². The predicted molar refractivity (Wildman–Crippen MR) is 77.3 cm³/mol. The first-order valence-electron chi connectivity index (χ1n) is 5.81. The molecule has 0 aromatic heterocycles. The number of alkyl carbamates (subject to hydrolysis) is 1. The minimum atomic E-state index is -4.60. The molecule has 0 fully saturated rings. The first kappa shape index (κ1) is 17.1. The number of amides is 1. The van der Waals surface area contributed by atoms with Gasteiger partial charge in [0, 0.05) is 3.57 Å². The highest BCUT2D eigenvalue weighted by molar-refractivity contribution is 14.1. The molecule has 1 N–H and O–H groups in total. The van der Waals surface area contributed by atoms with Gasteiger partial charge < -0.3 is 10.1 Å². The zero-order chi connectivity index (χ0) is 15.6. The van der Waals surface area contributed by atoms with Gasteiger partial charge in [0.1, 0.15) is 5.60 Å². The lowest BCUT2D eigenvalue weighted by molar-refractivity contribution is -0.157. The first-order chi connectivity index (χ1) is 9.00. The fourth-order valence-electron chi connectivity index (χ4n) is 1.47. The average molecular weight is 401 g/mol. The maximum atomic E-state index is 13.1. The van der Waals surface area contributed by atoms with Crippen LogP contribution in [0.1, 0.15) is 32.4 Å². The topological polar surface area (TPSA) is 38.3 Å². The first-order valence-corrected chi connectivity index (χ1v) is 6.89. The Morgan fingerprint density at radius 1 is 1.25 bits per heavy atom. The van der Waals surface area contributed by atoms with Crippen LogP contribution in [0, 0.1) is 3.57 Å². The number of alkyl halides is 3. The molecule has 0 saturated carbocycles. The van der Waals surface area contributed by atoms with E-state index >= 15 is 0 Å². The van der Waals surface area contributed by atoms with Gasteiger partial charge in [-0.25, -0.2) is 4.79 Å². The Balaban J connectivity index is 2.99. The summed E-state index contributed by atoms with van der Waals surface area (Å²) < 4.78 is 44.6. The van der Waals surface area contributed by atoms with Crippen molar-refractivity contribution in [1.82, 2.24) is 5.32 Å². The summed E-state index contributed by atoms with van der Waals surface area (Å²) in [5, 5.41) is 1.88. The second kappa shape index (κ2) is 6.19. The van der Waals surface area contributed by atoms with Crippen LogP contribution in [0.2, 0.25) is 0 Å². The second-order valence-electron chi connectivity index (χ2n) is 5.14. The molecule has 1 amide bonds. The van der Waals surface area contributed by atoms with Crippen molar-refractivity contribution in [2.75, 3.05) is 0 Å². The zero-order valence-electron chi connectivity index (χ0n) is 11.2. The number of hydrogen-bond acceptors (Lipinski definition) is 2. The van der Waals surface area contributed by atoms with Crippen molar-refractivity contribution in [3.05, 3.63) is 33.4 Å². The third-order valence-electron chi connectivity index (χ3n) is 2.20. The molecule has 3 nitrogen and oxygen atoms in total. The van der Waals surface area contributed by atoms with E-state index in [0.717, 1.165) is 0 Å². The molecule has 1 rings (SSSR count). The van der Waals surface area contributed by atoms with E-state index in [-0.39, 0.29) is 5.56 Å². The summed E-state index contributed by atoms with van der Waals surface area (Å²) in [5.41, 5.74) is -0.865. The van der Waals surface area contributed by atoms with Gasteiger partial charge in [-0.3, -0.25) is 0 Å². The molecule has 0 spiro atoms. The third kappa shape index (κ3) is 5.18. The van der Waals surface area contributed by atoms with E-state index in [1.807, 2.05) is 5.32 Å². The van der Waals surface area contributed by atoms with Gasteiger partial charge in [0.15, 0.2) is 6.04 Å². The third-order valence-corrected chi connectivity index (χ3v) is 3.19. The summed E-state index contributed by atoms with van der Waals surface area (Å²) in [6, 6.07) is 3.91. The molecule has 1 atom stereocenters. The van der Waals surface area contributed by atoms with Crippen molar-refractivity contribution < 1.29 is 22.7 Å². The summed E-state index contributed by atoms with van der Waals surface area (Å²) in [6.07, 6.45) is -5.70. The van der Waals surface area contributed by atoms with Gasteiger partial charge >= 0.3 is 12.3 Å². The predicted octanol–water partition coefficient (Wildman–Crippen LogP) is 4.42. The smallest absolute Gasteiger partial charge is 0.413 e. The van der Waals surface area contributed by atoms with Gasteiger partial charge in [0.05, 0.1) is 0 Å². The highest BCUT2D eigenvalue weighted by atomic mass is 127. The van der Waals surface area contributed by atoms with E-state index in [1.165, 1.54) is 12.1 Å². The molecule has 0 unspecified atom stereocenters. The molecule has 1 aromatic carbocycles. The van der Waals surface area contributed by atoms with Crippen molar-refractivity contribution in [3.8, 4) is 0 Å². The van der Waals surface area contributed by atoms with E-state index in [9.17, 15) is 18.0 Å². The second-order valence-corrected chi connectivity index (χ2v) is 6.30. The van der Waals surface area contributed by atoms with Crippen LogP contribution >= 0.6 is 22.6 Å². The molecule has 7 heteroatoms. The van der Waals surface area contributed by atoms with Crippen LogP contribution in [0.3, 0.4) is 0 Å². The SMILES string of the molecule is CC(C)(C)OC(=O)N[C@@H](c1ccccc1I)C(F)(F)F. The highest BCUT2D eigenvalue weighted by Gasteiger charge is 2.43. The van der Waals surface area contributed by atoms with Gasteiger partial charge in [0.25, 0.3) is 0 Å². The van der Waals surface area contributed by atoms with Crippen LogP contribution in [0.15, 0.2) is 24.3 Å². The van der Waals surface area contributed by atoms with Crippen LogP contribution in [0.4, 0.5) is 18.0 Å². The van der Waals surface area contributed by atoms with Crippen molar-refractivity contribution in [2.24, 2.45) is 0 Å². The standard InChI is InChI=1S/C13H15F3INO2/c1-12(2,3)20-11(19)18-10(13(14,15)16)8-6-4-5-7-9(8)17/h4-7,10H,1-3H3,(H,18,19)/t10-/m0/s1. The van der Waals surface area contributed by atoms with Gasteiger partial charge in [-0.1, -0.05) is 18.2 Å². The lowest BCUT2D eigenvalue weighted by Gasteiger charge is -2.26. The number of halogens is 4. The minimum Gasteiger partial charge on any atom is -0.444 e. The van der Waals surface area contributed by atoms with Crippen molar-refractivity contribution in [1.29, 1.82) is 0 Å². The Morgan fingerprint density at radius 3 is 2.25 bits per heavy atom. The number of rotatable bonds is 2. The summed E-state index contributed by atoms with van der Waals surface area (Å²) in [7, 11) is 0. The van der Waals surface area contributed by atoms with E-state index in [0.29, 0.717) is 3.57 Å². The maximum Gasteiger partial charge on any atom is 0.413 e. The van der Waals surface area contributed by atoms with Crippen molar-refractivity contribution in [3.63, 3.8) is 0 Å². The van der Waals surface area contributed by atoms with Gasteiger partial charge in [-0.15, -0.1) is 0 Å². The van der Waals surface area contributed by atoms with Crippen LogP contribution in [0.5, 0.6) is 0 Å². The molecule has 0 aliphatic heterocycles. The van der Waals surface area contributed by atoms with Crippen LogP contribution in [0.25, 0.3) is 0 Å². The Bertz CT molecular complexity index is 483. The zero-order valence-corrected chi connectivity index (χ0v) is 13.4. The number of nitrogens with one attached hydrogen (secondary N) is 1. The molecule has 20 heavy (non-hydrogen) atoms. The van der Waals surface area contributed by atoms with Crippen molar-refractivity contribution in [2.45, 2.75) is 38.6 Å². The Hall–Kier alpha value is -0.990. The lowest BCUT2D eigenvalue weighted by atomic mass is 10.1. The Labute approximate surface area is 129 Å². The van der Waals surface area contributed by atoms with E-state index in [4.69, 9.17) is 4.74 Å².